The first-order chi connectivity index (χ1) is 12.8. The summed E-state index contributed by atoms with van der Waals surface area (Å²) in [6.07, 6.45) is 0.0613. The standard InChI is InChI=1S/C22H28N2O3/c1-6-19(27-5)21(26)23-18-14-16(13-12-15(18)2)20(25)24-22(3,4)17-10-8-7-9-11-17/h7-14,19H,6H2,1-5H3,(H,23,26)(H,24,25). The lowest BCUT2D eigenvalue weighted by molar-refractivity contribution is -0.125. The van der Waals surface area contributed by atoms with Crippen LogP contribution in [0.4, 0.5) is 5.69 Å². The molecule has 5 heteroatoms. The number of anilines is 1. The number of benzene rings is 2. The molecule has 2 aromatic carbocycles. The van der Waals surface area contributed by atoms with Crippen LogP contribution in [-0.4, -0.2) is 25.0 Å². The van der Waals surface area contributed by atoms with Crippen molar-refractivity contribution < 1.29 is 14.3 Å². The van der Waals surface area contributed by atoms with Crippen LogP contribution in [0.3, 0.4) is 0 Å². The first-order valence-electron chi connectivity index (χ1n) is 9.10. The molecule has 0 spiro atoms. The van der Waals surface area contributed by atoms with Crippen LogP contribution in [0.5, 0.6) is 0 Å². The Morgan fingerprint density at radius 2 is 1.78 bits per heavy atom. The van der Waals surface area contributed by atoms with Gasteiger partial charge in [-0.15, -0.1) is 0 Å². The van der Waals surface area contributed by atoms with Crippen LogP contribution in [0.2, 0.25) is 0 Å². The van der Waals surface area contributed by atoms with Gasteiger partial charge in [-0.05, 0) is 50.5 Å². The summed E-state index contributed by atoms with van der Waals surface area (Å²) < 4.78 is 5.17. The Kier molecular flexibility index (Phi) is 6.75. The minimum Gasteiger partial charge on any atom is -0.372 e. The van der Waals surface area contributed by atoms with Crippen LogP contribution < -0.4 is 10.6 Å². The number of rotatable bonds is 7. The van der Waals surface area contributed by atoms with Gasteiger partial charge in [-0.3, -0.25) is 9.59 Å². The molecule has 0 aliphatic carbocycles. The highest BCUT2D eigenvalue weighted by atomic mass is 16.5. The molecule has 1 unspecified atom stereocenters. The number of hydrogen-bond donors (Lipinski definition) is 2. The smallest absolute Gasteiger partial charge is 0.253 e. The maximum atomic E-state index is 12.8. The fraction of sp³-hybridized carbons (Fsp3) is 0.364. The SMILES string of the molecule is CCC(OC)C(=O)Nc1cc(C(=O)NC(C)(C)c2ccccc2)ccc1C. The van der Waals surface area contributed by atoms with E-state index < -0.39 is 11.6 Å². The minimum absolute atomic E-state index is 0.196. The molecule has 2 amide bonds. The summed E-state index contributed by atoms with van der Waals surface area (Å²) >= 11 is 0. The Morgan fingerprint density at radius 3 is 2.37 bits per heavy atom. The number of nitrogens with one attached hydrogen (secondary N) is 2. The molecule has 0 aromatic heterocycles. The molecule has 0 fully saturated rings. The molecule has 0 heterocycles. The van der Waals surface area contributed by atoms with Gasteiger partial charge in [0.2, 0.25) is 0 Å². The zero-order valence-electron chi connectivity index (χ0n) is 16.6. The Labute approximate surface area is 161 Å². The van der Waals surface area contributed by atoms with Crippen LogP contribution >= 0.6 is 0 Å². The predicted molar refractivity (Wildman–Crippen MR) is 108 cm³/mol. The summed E-state index contributed by atoms with van der Waals surface area (Å²) in [5.74, 6) is -0.414. The molecule has 2 aromatic rings. The highest BCUT2D eigenvalue weighted by molar-refractivity contribution is 5.99. The zero-order valence-corrected chi connectivity index (χ0v) is 16.6. The second kappa shape index (κ2) is 8.82. The Bertz CT molecular complexity index is 796. The minimum atomic E-state index is -0.518. The van der Waals surface area contributed by atoms with E-state index in [4.69, 9.17) is 4.74 Å². The van der Waals surface area contributed by atoms with Gasteiger partial charge < -0.3 is 15.4 Å². The first-order valence-corrected chi connectivity index (χ1v) is 9.10. The van der Waals surface area contributed by atoms with Crippen molar-refractivity contribution in [2.75, 3.05) is 12.4 Å². The van der Waals surface area contributed by atoms with Gasteiger partial charge in [-0.25, -0.2) is 0 Å². The number of carbonyl (C=O) groups is 2. The van der Waals surface area contributed by atoms with Gasteiger partial charge in [-0.1, -0.05) is 43.3 Å². The fourth-order valence-corrected chi connectivity index (χ4v) is 2.85. The highest BCUT2D eigenvalue weighted by Gasteiger charge is 2.24. The van der Waals surface area contributed by atoms with E-state index in [2.05, 4.69) is 10.6 Å². The van der Waals surface area contributed by atoms with E-state index in [1.54, 1.807) is 12.1 Å². The van der Waals surface area contributed by atoms with Crippen LogP contribution in [0.25, 0.3) is 0 Å². The largest absolute Gasteiger partial charge is 0.372 e. The maximum Gasteiger partial charge on any atom is 0.253 e. The summed E-state index contributed by atoms with van der Waals surface area (Å²) in [6, 6.07) is 15.1. The lowest BCUT2D eigenvalue weighted by Crippen LogP contribution is -2.41. The third-order valence-electron chi connectivity index (χ3n) is 4.63. The Hall–Kier alpha value is -2.66. The summed E-state index contributed by atoms with van der Waals surface area (Å²) in [7, 11) is 1.51. The maximum absolute atomic E-state index is 12.8. The zero-order chi connectivity index (χ0) is 20.0. The topological polar surface area (TPSA) is 67.4 Å². The molecule has 27 heavy (non-hydrogen) atoms. The predicted octanol–water partition coefficient (Wildman–Crippen LogP) is 4.02. The number of aryl methyl sites for hydroxylation is 1. The van der Waals surface area contributed by atoms with Crippen LogP contribution in [0.15, 0.2) is 48.5 Å². The van der Waals surface area contributed by atoms with Gasteiger partial charge in [0.15, 0.2) is 0 Å². The van der Waals surface area contributed by atoms with E-state index >= 15 is 0 Å². The number of ether oxygens (including phenoxy) is 1. The van der Waals surface area contributed by atoms with Crippen molar-refractivity contribution in [2.24, 2.45) is 0 Å². The molecular formula is C22H28N2O3. The molecule has 2 N–H and O–H groups in total. The van der Waals surface area contributed by atoms with Crippen molar-refractivity contribution in [3.05, 3.63) is 65.2 Å². The van der Waals surface area contributed by atoms with E-state index in [0.717, 1.165) is 11.1 Å². The molecule has 0 saturated heterocycles. The van der Waals surface area contributed by atoms with Crippen molar-refractivity contribution in [1.82, 2.24) is 5.32 Å². The van der Waals surface area contributed by atoms with Crippen LogP contribution in [0.1, 0.15) is 48.7 Å². The number of methoxy groups -OCH3 is 1. The first kappa shape index (κ1) is 20.6. The van der Waals surface area contributed by atoms with Gasteiger partial charge >= 0.3 is 0 Å². The number of hydrogen-bond acceptors (Lipinski definition) is 3. The van der Waals surface area contributed by atoms with Gasteiger partial charge in [0.25, 0.3) is 11.8 Å². The fourth-order valence-electron chi connectivity index (χ4n) is 2.85. The quantitative estimate of drug-likeness (QED) is 0.775. The molecule has 144 valence electrons. The van der Waals surface area contributed by atoms with Crippen LogP contribution in [-0.2, 0) is 15.1 Å². The van der Waals surface area contributed by atoms with Crippen molar-refractivity contribution in [1.29, 1.82) is 0 Å². The Morgan fingerprint density at radius 1 is 1.11 bits per heavy atom. The monoisotopic (exact) mass is 368 g/mol. The molecule has 1 atom stereocenters. The van der Waals surface area contributed by atoms with Crippen molar-refractivity contribution >= 4 is 17.5 Å². The average Bonchev–Trinajstić information content (AvgIpc) is 2.65. The normalized spacial score (nSPS) is 12.3. The molecule has 2 rings (SSSR count). The number of amides is 2. The second-order valence-corrected chi connectivity index (χ2v) is 7.10. The van der Waals surface area contributed by atoms with Gasteiger partial charge in [0.05, 0.1) is 5.54 Å². The summed E-state index contributed by atoms with van der Waals surface area (Å²) in [6.45, 7) is 7.69. The molecule has 0 aliphatic heterocycles. The van der Waals surface area contributed by atoms with Crippen molar-refractivity contribution in [3.8, 4) is 0 Å². The highest BCUT2D eigenvalue weighted by Crippen LogP contribution is 2.22. The van der Waals surface area contributed by atoms with Gasteiger partial charge in [0, 0.05) is 18.4 Å². The van der Waals surface area contributed by atoms with E-state index in [1.807, 2.05) is 64.1 Å². The molecule has 0 bridgehead atoms. The summed E-state index contributed by atoms with van der Waals surface area (Å²) in [5.41, 5.74) is 2.49. The summed E-state index contributed by atoms with van der Waals surface area (Å²) in [4.78, 5) is 25.1. The molecular weight excluding hydrogens is 340 g/mol. The third kappa shape index (κ3) is 5.17. The van der Waals surface area contributed by atoms with Crippen molar-refractivity contribution in [2.45, 2.75) is 45.8 Å². The molecule has 5 nitrogen and oxygen atoms in total. The lowest BCUT2D eigenvalue weighted by atomic mass is 9.94. The van der Waals surface area contributed by atoms with Crippen molar-refractivity contribution in [3.63, 3.8) is 0 Å². The van der Waals surface area contributed by atoms with Crippen LogP contribution in [0, 0.1) is 6.92 Å². The average molecular weight is 368 g/mol. The summed E-state index contributed by atoms with van der Waals surface area (Å²) in [5, 5.41) is 5.92. The van der Waals surface area contributed by atoms with Gasteiger partial charge in [-0.2, -0.15) is 0 Å². The van der Waals surface area contributed by atoms with E-state index in [9.17, 15) is 9.59 Å². The van der Waals surface area contributed by atoms with Gasteiger partial charge in [0.1, 0.15) is 6.10 Å². The van der Waals surface area contributed by atoms with E-state index in [1.165, 1.54) is 7.11 Å². The Balaban J connectivity index is 2.19. The lowest BCUT2D eigenvalue weighted by Gasteiger charge is -2.27. The van der Waals surface area contributed by atoms with E-state index in [0.29, 0.717) is 17.7 Å². The van der Waals surface area contributed by atoms with E-state index in [-0.39, 0.29) is 11.8 Å². The molecule has 0 radical (unpaired) electrons. The number of carbonyl (C=O) groups excluding carboxylic acids is 2. The molecule has 0 saturated carbocycles. The molecule has 0 aliphatic rings. The third-order valence-corrected chi connectivity index (χ3v) is 4.63. The second-order valence-electron chi connectivity index (χ2n) is 7.10.